The quantitative estimate of drug-likeness (QED) is 0.0222. The van der Waals surface area contributed by atoms with Gasteiger partial charge in [-0.15, -0.1) is 0 Å². The first kappa shape index (κ1) is 95.1. The standard InChI is InChI=1S/C78H152O17P2/c1-8-10-11-12-13-14-15-25-32-39-47-54-61-77(82)95-74(66-89-76(81)60-53-46-41-34-36-43-50-57-70(5)6)68-93-97(86,87)91-64-72(79)63-90-96(84,85)92-67-73(65-88-75(80)59-52-45-38-31-28-27-30-37-44-51-58-71(7)9-2)94-78(83)62-55-48-40-33-26-23-21-19-17-16-18-20-22-24-29-35-42-49-56-69(3)4/h69-74,79H,8-68H2,1-7H3,(H,84,85)(H,86,87)/t71?,72-,73-,74-/m1/s1. The number of carbonyl (C=O) groups is 4. The molecule has 0 saturated carbocycles. The van der Waals surface area contributed by atoms with Crippen molar-refractivity contribution < 1.29 is 80.2 Å². The lowest BCUT2D eigenvalue weighted by Gasteiger charge is -2.21. The zero-order chi connectivity index (χ0) is 71.6. The van der Waals surface area contributed by atoms with Crippen LogP contribution < -0.4 is 0 Å². The largest absolute Gasteiger partial charge is 0.472 e. The third-order valence-corrected chi connectivity index (χ3v) is 20.4. The first-order chi connectivity index (χ1) is 46.8. The Morgan fingerprint density at radius 3 is 0.784 bits per heavy atom. The molecule has 3 unspecified atom stereocenters. The van der Waals surface area contributed by atoms with Gasteiger partial charge in [0, 0.05) is 25.7 Å². The van der Waals surface area contributed by atoms with Gasteiger partial charge in [0.15, 0.2) is 12.2 Å². The number of ether oxygens (including phenoxy) is 4. The van der Waals surface area contributed by atoms with E-state index in [1.807, 2.05) is 0 Å². The Morgan fingerprint density at radius 2 is 0.526 bits per heavy atom. The number of carbonyl (C=O) groups excluding carboxylic acids is 4. The summed E-state index contributed by atoms with van der Waals surface area (Å²) in [6.07, 6.45) is 55.5. The van der Waals surface area contributed by atoms with Crippen LogP contribution in [0.3, 0.4) is 0 Å². The van der Waals surface area contributed by atoms with E-state index in [9.17, 15) is 43.2 Å². The third-order valence-electron chi connectivity index (χ3n) is 18.5. The Bertz CT molecular complexity index is 1890. The van der Waals surface area contributed by atoms with Gasteiger partial charge in [0.1, 0.15) is 19.3 Å². The van der Waals surface area contributed by atoms with E-state index in [1.54, 1.807) is 0 Å². The van der Waals surface area contributed by atoms with Gasteiger partial charge >= 0.3 is 39.5 Å². The van der Waals surface area contributed by atoms with Crippen LogP contribution >= 0.6 is 15.6 Å². The monoisotopic (exact) mass is 1420 g/mol. The summed E-state index contributed by atoms with van der Waals surface area (Å²) in [7, 11) is -9.91. The van der Waals surface area contributed by atoms with Crippen molar-refractivity contribution in [2.75, 3.05) is 39.6 Å². The molecule has 0 bridgehead atoms. The Hall–Kier alpha value is -1.94. The molecule has 0 heterocycles. The van der Waals surface area contributed by atoms with Gasteiger partial charge in [-0.1, -0.05) is 350 Å². The lowest BCUT2D eigenvalue weighted by atomic mass is 9.99. The van der Waals surface area contributed by atoms with Crippen molar-refractivity contribution in [2.24, 2.45) is 17.8 Å². The normalized spacial score (nSPS) is 14.3. The highest BCUT2D eigenvalue weighted by molar-refractivity contribution is 7.47. The van der Waals surface area contributed by atoms with Gasteiger partial charge in [-0.2, -0.15) is 0 Å². The molecular weight excluding hydrogens is 1270 g/mol. The summed E-state index contributed by atoms with van der Waals surface area (Å²) in [5, 5.41) is 10.6. The second-order valence-corrected chi connectivity index (χ2v) is 32.2. The number of phosphoric ester groups is 2. The molecule has 0 aliphatic heterocycles. The topological polar surface area (TPSA) is 237 Å². The molecule has 17 nitrogen and oxygen atoms in total. The van der Waals surface area contributed by atoms with Gasteiger partial charge in [0.2, 0.25) is 0 Å². The van der Waals surface area contributed by atoms with Crippen molar-refractivity contribution in [3.05, 3.63) is 0 Å². The number of rotatable bonds is 76. The molecule has 0 aliphatic carbocycles. The number of esters is 4. The van der Waals surface area contributed by atoms with E-state index in [-0.39, 0.29) is 25.7 Å². The van der Waals surface area contributed by atoms with E-state index in [2.05, 4.69) is 48.5 Å². The number of hydrogen-bond acceptors (Lipinski definition) is 15. The minimum atomic E-state index is -4.96. The van der Waals surface area contributed by atoms with Crippen molar-refractivity contribution in [2.45, 2.75) is 420 Å². The molecule has 0 aromatic carbocycles. The van der Waals surface area contributed by atoms with Crippen molar-refractivity contribution in [3.8, 4) is 0 Å². The number of unbranched alkanes of at least 4 members (excludes halogenated alkanes) is 43. The smallest absolute Gasteiger partial charge is 0.462 e. The molecule has 0 aromatic rings. The minimum absolute atomic E-state index is 0.106. The number of hydrogen-bond donors (Lipinski definition) is 3. The Kier molecular flexibility index (Phi) is 67.1. The highest BCUT2D eigenvalue weighted by Crippen LogP contribution is 2.45. The van der Waals surface area contributed by atoms with Crippen LogP contribution in [0.25, 0.3) is 0 Å². The summed E-state index contributed by atoms with van der Waals surface area (Å²) >= 11 is 0. The minimum Gasteiger partial charge on any atom is -0.462 e. The maximum absolute atomic E-state index is 13.1. The van der Waals surface area contributed by atoms with Crippen molar-refractivity contribution in [3.63, 3.8) is 0 Å². The maximum atomic E-state index is 13.1. The van der Waals surface area contributed by atoms with Crippen molar-refractivity contribution in [1.82, 2.24) is 0 Å². The van der Waals surface area contributed by atoms with E-state index in [0.717, 1.165) is 108 Å². The van der Waals surface area contributed by atoms with Crippen molar-refractivity contribution >= 4 is 39.5 Å². The van der Waals surface area contributed by atoms with Gasteiger partial charge in [-0.25, -0.2) is 9.13 Å². The summed E-state index contributed by atoms with van der Waals surface area (Å²) in [5.41, 5.74) is 0. The molecule has 576 valence electrons. The summed E-state index contributed by atoms with van der Waals surface area (Å²) in [6.45, 7) is 11.9. The molecular formula is C78H152O17P2. The molecule has 19 heteroatoms. The van der Waals surface area contributed by atoms with Crippen LogP contribution in [0.2, 0.25) is 0 Å². The second-order valence-electron chi connectivity index (χ2n) is 29.3. The summed E-state index contributed by atoms with van der Waals surface area (Å²) < 4.78 is 68.6. The van der Waals surface area contributed by atoms with Gasteiger partial charge in [0.25, 0.3) is 0 Å². The van der Waals surface area contributed by atoms with Gasteiger partial charge < -0.3 is 33.8 Å². The summed E-state index contributed by atoms with van der Waals surface area (Å²) in [4.78, 5) is 72.8. The first-order valence-corrected chi connectivity index (χ1v) is 43.4. The van der Waals surface area contributed by atoms with E-state index in [4.69, 9.17) is 37.0 Å². The molecule has 0 spiro atoms. The van der Waals surface area contributed by atoms with Gasteiger partial charge in [-0.05, 0) is 43.4 Å². The molecule has 0 aliphatic rings. The van der Waals surface area contributed by atoms with E-state index in [1.165, 1.54) is 205 Å². The highest BCUT2D eigenvalue weighted by atomic mass is 31.2. The molecule has 3 N–H and O–H groups in total. The molecule has 0 amide bonds. The van der Waals surface area contributed by atoms with Crippen LogP contribution in [-0.4, -0.2) is 96.7 Å². The van der Waals surface area contributed by atoms with Crippen LogP contribution in [0.5, 0.6) is 0 Å². The van der Waals surface area contributed by atoms with E-state index in [0.29, 0.717) is 31.6 Å². The lowest BCUT2D eigenvalue weighted by molar-refractivity contribution is -0.161. The van der Waals surface area contributed by atoms with Crippen LogP contribution in [0.1, 0.15) is 402 Å². The molecule has 0 fully saturated rings. The van der Waals surface area contributed by atoms with E-state index >= 15 is 0 Å². The molecule has 0 aromatic heterocycles. The van der Waals surface area contributed by atoms with Crippen LogP contribution in [0.4, 0.5) is 0 Å². The highest BCUT2D eigenvalue weighted by Gasteiger charge is 2.30. The summed E-state index contributed by atoms with van der Waals surface area (Å²) in [5.74, 6) is 0.219. The lowest BCUT2D eigenvalue weighted by Crippen LogP contribution is -2.30. The third kappa shape index (κ3) is 70.9. The van der Waals surface area contributed by atoms with E-state index < -0.39 is 97.5 Å². The fraction of sp³-hybridized carbons (Fsp3) is 0.949. The fourth-order valence-corrected chi connectivity index (χ4v) is 13.5. The molecule has 0 rings (SSSR count). The molecule has 0 radical (unpaired) electrons. The zero-order valence-electron chi connectivity index (χ0n) is 63.5. The van der Waals surface area contributed by atoms with Crippen molar-refractivity contribution in [1.29, 1.82) is 0 Å². The van der Waals surface area contributed by atoms with Gasteiger partial charge in [0.05, 0.1) is 26.4 Å². The maximum Gasteiger partial charge on any atom is 0.472 e. The predicted molar refractivity (Wildman–Crippen MR) is 395 cm³/mol. The molecule has 6 atom stereocenters. The zero-order valence-corrected chi connectivity index (χ0v) is 65.3. The second kappa shape index (κ2) is 68.5. The fourth-order valence-electron chi connectivity index (χ4n) is 11.9. The van der Waals surface area contributed by atoms with Crippen LogP contribution in [0.15, 0.2) is 0 Å². The Balaban J connectivity index is 5.21. The Morgan fingerprint density at radius 1 is 0.299 bits per heavy atom. The summed E-state index contributed by atoms with van der Waals surface area (Å²) in [6, 6.07) is 0. The molecule has 0 saturated heterocycles. The number of aliphatic hydroxyl groups is 1. The average Bonchev–Trinajstić information content (AvgIpc) is 1.50. The van der Waals surface area contributed by atoms with Crippen LogP contribution in [0, 0.1) is 17.8 Å². The average molecular weight is 1420 g/mol. The number of phosphoric acid groups is 2. The van der Waals surface area contributed by atoms with Gasteiger partial charge in [-0.3, -0.25) is 37.3 Å². The first-order valence-electron chi connectivity index (χ1n) is 40.4. The predicted octanol–water partition coefficient (Wildman–Crippen LogP) is 23.0. The SMILES string of the molecule is CCCCCCCCCCCCCCC(=O)O[C@H](COC(=O)CCCCCCCCCC(C)C)COP(=O)(O)OC[C@H](O)COP(=O)(O)OC[C@@H](COC(=O)CCCCCCCCCCCCC(C)CC)OC(=O)CCCCCCCCCCCCCCCCCCCCC(C)C. The Labute approximate surface area is 594 Å². The van der Waals surface area contributed by atoms with Crippen LogP contribution in [-0.2, 0) is 65.4 Å². The molecule has 97 heavy (non-hydrogen) atoms. The number of aliphatic hydroxyl groups excluding tert-OH is 1.